The first-order chi connectivity index (χ1) is 8.79. The standard InChI is InChI=1S/C15H24BrNO/c1-3-5-11-18-15(12-17-10-4-2)13-8-6-7-9-14(13)16/h6-9,15,17H,3-5,10-12H2,1-2H3. The monoisotopic (exact) mass is 313 g/mol. The number of benzene rings is 1. The summed E-state index contributed by atoms with van der Waals surface area (Å²) in [6.45, 7) is 7.11. The zero-order chi connectivity index (χ0) is 13.2. The number of unbranched alkanes of at least 4 members (excludes halogenated alkanes) is 1. The fourth-order valence-corrected chi connectivity index (χ4v) is 2.31. The highest BCUT2D eigenvalue weighted by molar-refractivity contribution is 9.10. The Labute approximate surface area is 119 Å². The highest BCUT2D eigenvalue weighted by Crippen LogP contribution is 2.25. The SMILES string of the molecule is CCCCOC(CNCCC)c1ccccc1Br. The molecule has 0 bridgehead atoms. The van der Waals surface area contributed by atoms with E-state index >= 15 is 0 Å². The molecule has 0 saturated heterocycles. The molecule has 0 heterocycles. The van der Waals surface area contributed by atoms with Gasteiger partial charge in [-0.25, -0.2) is 0 Å². The molecule has 1 unspecified atom stereocenters. The van der Waals surface area contributed by atoms with Crippen LogP contribution >= 0.6 is 15.9 Å². The van der Waals surface area contributed by atoms with Crippen molar-refractivity contribution in [3.8, 4) is 0 Å². The molecular formula is C15H24BrNO. The van der Waals surface area contributed by atoms with E-state index < -0.39 is 0 Å². The van der Waals surface area contributed by atoms with Gasteiger partial charge in [0.25, 0.3) is 0 Å². The Balaban J connectivity index is 2.60. The van der Waals surface area contributed by atoms with Crippen LogP contribution in [0.2, 0.25) is 0 Å². The first kappa shape index (κ1) is 15.7. The average Bonchev–Trinajstić information content (AvgIpc) is 2.38. The Morgan fingerprint density at radius 3 is 2.67 bits per heavy atom. The summed E-state index contributed by atoms with van der Waals surface area (Å²) in [4.78, 5) is 0. The lowest BCUT2D eigenvalue weighted by atomic mass is 10.1. The van der Waals surface area contributed by atoms with Crippen LogP contribution in [0.4, 0.5) is 0 Å². The molecule has 0 fully saturated rings. The minimum Gasteiger partial charge on any atom is -0.372 e. The maximum absolute atomic E-state index is 6.00. The van der Waals surface area contributed by atoms with Crippen LogP contribution in [0.3, 0.4) is 0 Å². The predicted molar refractivity (Wildman–Crippen MR) is 80.9 cm³/mol. The van der Waals surface area contributed by atoms with Gasteiger partial charge in [-0.05, 0) is 31.0 Å². The maximum atomic E-state index is 6.00. The number of hydrogen-bond donors (Lipinski definition) is 1. The molecule has 0 spiro atoms. The van der Waals surface area contributed by atoms with Gasteiger partial charge >= 0.3 is 0 Å². The molecule has 0 radical (unpaired) electrons. The van der Waals surface area contributed by atoms with E-state index in [0.29, 0.717) is 0 Å². The van der Waals surface area contributed by atoms with Crippen molar-refractivity contribution in [2.45, 2.75) is 39.2 Å². The molecule has 1 N–H and O–H groups in total. The van der Waals surface area contributed by atoms with Gasteiger partial charge in [0, 0.05) is 17.6 Å². The van der Waals surface area contributed by atoms with E-state index in [-0.39, 0.29) is 6.10 Å². The van der Waals surface area contributed by atoms with Gasteiger partial charge in [0.2, 0.25) is 0 Å². The van der Waals surface area contributed by atoms with Crippen molar-refractivity contribution in [1.82, 2.24) is 5.32 Å². The summed E-state index contributed by atoms with van der Waals surface area (Å²) in [5.74, 6) is 0. The van der Waals surface area contributed by atoms with Gasteiger partial charge in [-0.15, -0.1) is 0 Å². The first-order valence-corrected chi connectivity index (χ1v) is 7.65. The van der Waals surface area contributed by atoms with E-state index in [2.05, 4.69) is 53.3 Å². The lowest BCUT2D eigenvalue weighted by Crippen LogP contribution is -2.24. The second kappa shape index (κ2) is 9.54. The summed E-state index contributed by atoms with van der Waals surface area (Å²) in [7, 11) is 0. The van der Waals surface area contributed by atoms with Crippen molar-refractivity contribution in [1.29, 1.82) is 0 Å². The largest absolute Gasteiger partial charge is 0.372 e. The minimum atomic E-state index is 0.138. The van der Waals surface area contributed by atoms with Crippen molar-refractivity contribution in [2.75, 3.05) is 19.7 Å². The molecule has 102 valence electrons. The van der Waals surface area contributed by atoms with Gasteiger partial charge in [-0.1, -0.05) is 54.4 Å². The molecule has 0 aromatic heterocycles. The van der Waals surface area contributed by atoms with Gasteiger partial charge in [-0.3, -0.25) is 0 Å². The lowest BCUT2D eigenvalue weighted by molar-refractivity contribution is 0.0503. The van der Waals surface area contributed by atoms with Crippen LogP contribution in [0.15, 0.2) is 28.7 Å². The van der Waals surface area contributed by atoms with E-state index in [1.165, 1.54) is 12.0 Å². The fourth-order valence-electron chi connectivity index (χ4n) is 1.77. The third kappa shape index (κ3) is 5.51. The van der Waals surface area contributed by atoms with Gasteiger partial charge in [0.15, 0.2) is 0 Å². The Kier molecular flexibility index (Phi) is 8.31. The van der Waals surface area contributed by atoms with Gasteiger partial charge in [-0.2, -0.15) is 0 Å². The van der Waals surface area contributed by atoms with Crippen LogP contribution in [0.25, 0.3) is 0 Å². The Hall–Kier alpha value is -0.380. The molecule has 1 atom stereocenters. The topological polar surface area (TPSA) is 21.3 Å². The van der Waals surface area contributed by atoms with E-state index in [1.807, 2.05) is 6.07 Å². The molecule has 0 aliphatic rings. The molecule has 0 amide bonds. The molecule has 0 aliphatic carbocycles. The summed E-state index contributed by atoms with van der Waals surface area (Å²) in [6, 6.07) is 8.31. The first-order valence-electron chi connectivity index (χ1n) is 6.86. The molecule has 1 aromatic carbocycles. The molecule has 18 heavy (non-hydrogen) atoms. The number of nitrogens with one attached hydrogen (secondary N) is 1. The quantitative estimate of drug-likeness (QED) is 0.686. The number of hydrogen-bond acceptors (Lipinski definition) is 2. The number of ether oxygens (including phenoxy) is 1. The maximum Gasteiger partial charge on any atom is 0.0960 e. The molecular weight excluding hydrogens is 290 g/mol. The number of halogens is 1. The third-order valence-electron chi connectivity index (χ3n) is 2.83. The van der Waals surface area contributed by atoms with Crippen molar-refractivity contribution in [3.63, 3.8) is 0 Å². The highest BCUT2D eigenvalue weighted by atomic mass is 79.9. The van der Waals surface area contributed by atoms with Crippen LogP contribution in [0.1, 0.15) is 44.8 Å². The Bertz CT molecular complexity index is 320. The van der Waals surface area contributed by atoms with Gasteiger partial charge < -0.3 is 10.1 Å². The summed E-state index contributed by atoms with van der Waals surface area (Å²) < 4.78 is 7.13. The normalized spacial score (nSPS) is 12.6. The molecule has 3 heteroatoms. The molecule has 0 saturated carbocycles. The van der Waals surface area contributed by atoms with Crippen LogP contribution in [0, 0.1) is 0 Å². The predicted octanol–water partition coefficient (Wildman–Crippen LogP) is 4.31. The second-order valence-corrected chi connectivity index (χ2v) is 5.29. The van der Waals surface area contributed by atoms with Crippen molar-refractivity contribution >= 4 is 15.9 Å². The average molecular weight is 314 g/mol. The van der Waals surface area contributed by atoms with E-state index in [9.17, 15) is 0 Å². The van der Waals surface area contributed by atoms with E-state index in [4.69, 9.17) is 4.74 Å². The summed E-state index contributed by atoms with van der Waals surface area (Å²) in [6.07, 6.45) is 3.58. The van der Waals surface area contributed by atoms with Crippen molar-refractivity contribution < 1.29 is 4.74 Å². The zero-order valence-corrected chi connectivity index (χ0v) is 13.0. The lowest BCUT2D eigenvalue weighted by Gasteiger charge is -2.20. The fraction of sp³-hybridized carbons (Fsp3) is 0.600. The summed E-state index contributed by atoms with van der Waals surface area (Å²) >= 11 is 3.61. The van der Waals surface area contributed by atoms with Crippen LogP contribution < -0.4 is 5.32 Å². The van der Waals surface area contributed by atoms with E-state index in [0.717, 1.165) is 37.0 Å². The Morgan fingerprint density at radius 1 is 1.22 bits per heavy atom. The van der Waals surface area contributed by atoms with Crippen LogP contribution in [-0.2, 0) is 4.74 Å². The van der Waals surface area contributed by atoms with Crippen LogP contribution in [-0.4, -0.2) is 19.7 Å². The van der Waals surface area contributed by atoms with E-state index in [1.54, 1.807) is 0 Å². The Morgan fingerprint density at radius 2 is 2.00 bits per heavy atom. The minimum absolute atomic E-state index is 0.138. The molecule has 0 aliphatic heterocycles. The van der Waals surface area contributed by atoms with Crippen molar-refractivity contribution in [2.24, 2.45) is 0 Å². The van der Waals surface area contributed by atoms with Gasteiger partial charge in [0.1, 0.15) is 0 Å². The molecule has 1 rings (SSSR count). The van der Waals surface area contributed by atoms with Gasteiger partial charge in [0.05, 0.1) is 6.10 Å². The summed E-state index contributed by atoms with van der Waals surface area (Å²) in [5, 5.41) is 3.44. The smallest absolute Gasteiger partial charge is 0.0960 e. The van der Waals surface area contributed by atoms with Crippen LogP contribution in [0.5, 0.6) is 0 Å². The zero-order valence-electron chi connectivity index (χ0n) is 11.4. The number of rotatable bonds is 9. The molecule has 2 nitrogen and oxygen atoms in total. The highest BCUT2D eigenvalue weighted by Gasteiger charge is 2.14. The second-order valence-electron chi connectivity index (χ2n) is 4.44. The third-order valence-corrected chi connectivity index (χ3v) is 3.55. The summed E-state index contributed by atoms with van der Waals surface area (Å²) in [5.41, 5.74) is 1.23. The molecule has 1 aromatic rings. The van der Waals surface area contributed by atoms with Crippen molar-refractivity contribution in [3.05, 3.63) is 34.3 Å².